The molecule has 2 aliphatic rings. The largest absolute Gasteiger partial charge is 0.357 e. The number of piperazine rings is 1. The first kappa shape index (κ1) is 23.4. The molecule has 8 heteroatoms. The molecule has 7 nitrogen and oxygen atoms in total. The van der Waals surface area contributed by atoms with Crippen LogP contribution < -0.4 is 10.6 Å². The lowest BCUT2D eigenvalue weighted by molar-refractivity contribution is -0.129. The molecule has 0 spiro atoms. The molecule has 2 fully saturated rings. The first-order valence-electron chi connectivity index (χ1n) is 9.93. The maximum atomic E-state index is 11.8. The van der Waals surface area contributed by atoms with E-state index in [-0.39, 0.29) is 29.9 Å². The predicted octanol–water partition coefficient (Wildman–Crippen LogP) is 0.808. The van der Waals surface area contributed by atoms with Crippen molar-refractivity contribution in [3.63, 3.8) is 0 Å². The van der Waals surface area contributed by atoms with Crippen LogP contribution in [0, 0.1) is 0 Å². The van der Waals surface area contributed by atoms with E-state index in [4.69, 9.17) is 4.99 Å². The zero-order chi connectivity index (χ0) is 18.1. The average molecular weight is 480 g/mol. The van der Waals surface area contributed by atoms with Gasteiger partial charge in [-0.25, -0.2) is 0 Å². The quantitative estimate of drug-likeness (QED) is 0.321. The summed E-state index contributed by atoms with van der Waals surface area (Å²) in [5.41, 5.74) is 0. The predicted molar refractivity (Wildman–Crippen MR) is 118 cm³/mol. The van der Waals surface area contributed by atoms with Gasteiger partial charge in [-0.3, -0.25) is 14.7 Å². The van der Waals surface area contributed by atoms with E-state index in [0.29, 0.717) is 12.5 Å². The first-order chi connectivity index (χ1) is 12.2. The number of hydrogen-bond acceptors (Lipinski definition) is 4. The average Bonchev–Trinajstić information content (AvgIpc) is 3.10. The minimum Gasteiger partial charge on any atom is -0.357 e. The van der Waals surface area contributed by atoms with Crippen molar-refractivity contribution in [3.05, 3.63) is 0 Å². The fraction of sp³-hybridized carbons (Fsp3) is 0.889. The van der Waals surface area contributed by atoms with Crippen molar-refractivity contribution >= 4 is 35.8 Å². The molecule has 0 radical (unpaired) electrons. The lowest BCUT2D eigenvalue weighted by Crippen LogP contribution is -2.47. The Hall–Kier alpha value is -0.610. The number of halogens is 1. The molecule has 0 aromatic carbocycles. The summed E-state index contributed by atoms with van der Waals surface area (Å²) in [4.78, 5) is 23.5. The molecule has 0 aromatic heterocycles. The molecule has 1 amide bonds. The van der Waals surface area contributed by atoms with Gasteiger partial charge in [0.2, 0.25) is 5.91 Å². The molecule has 1 unspecified atom stereocenters. The molecular formula is C18H37IN6O. The van der Waals surface area contributed by atoms with Crippen LogP contribution in [0.2, 0.25) is 0 Å². The van der Waals surface area contributed by atoms with Crippen LogP contribution in [0.25, 0.3) is 0 Å². The fourth-order valence-corrected chi connectivity index (χ4v) is 3.47. The topological polar surface area (TPSA) is 63.2 Å². The van der Waals surface area contributed by atoms with Crippen LogP contribution in [0.3, 0.4) is 0 Å². The van der Waals surface area contributed by atoms with Crippen LogP contribution in [0.5, 0.6) is 0 Å². The molecule has 2 rings (SSSR count). The first-order valence-corrected chi connectivity index (χ1v) is 9.93. The van der Waals surface area contributed by atoms with Gasteiger partial charge in [0.1, 0.15) is 0 Å². The number of aliphatic imine (C=N–C) groups is 1. The van der Waals surface area contributed by atoms with Crippen molar-refractivity contribution < 1.29 is 4.79 Å². The normalized spacial score (nSPS) is 22.2. The number of nitrogens with zero attached hydrogens (tertiary/aromatic N) is 4. The second-order valence-corrected chi connectivity index (χ2v) is 6.86. The highest BCUT2D eigenvalue weighted by Crippen LogP contribution is 2.10. The second kappa shape index (κ2) is 12.7. The Labute approximate surface area is 176 Å². The van der Waals surface area contributed by atoms with Gasteiger partial charge < -0.3 is 20.4 Å². The van der Waals surface area contributed by atoms with E-state index in [1.807, 2.05) is 11.8 Å². The van der Waals surface area contributed by atoms with Crippen molar-refractivity contribution in [2.75, 3.05) is 65.4 Å². The Kier molecular flexibility index (Phi) is 11.5. The number of amides is 1. The Morgan fingerprint density at radius 2 is 1.77 bits per heavy atom. The van der Waals surface area contributed by atoms with Gasteiger partial charge in [-0.2, -0.15) is 0 Å². The Balaban J connectivity index is 0.00000338. The number of guanidine groups is 1. The fourth-order valence-electron chi connectivity index (χ4n) is 3.47. The van der Waals surface area contributed by atoms with Crippen LogP contribution in [-0.2, 0) is 4.79 Å². The molecule has 1 atom stereocenters. The molecule has 0 aliphatic carbocycles. The molecule has 2 saturated heterocycles. The minimum absolute atomic E-state index is 0. The SMILES string of the molecule is CCNC(=NCCN1CCN(CC)CC1)NC1CCN(C(=O)CC)C1.I. The van der Waals surface area contributed by atoms with Crippen LogP contribution in [0.4, 0.5) is 0 Å². The van der Waals surface area contributed by atoms with E-state index in [1.54, 1.807) is 0 Å². The van der Waals surface area contributed by atoms with Crippen LogP contribution in [-0.4, -0.2) is 98.1 Å². The lowest BCUT2D eigenvalue weighted by Gasteiger charge is -2.33. The van der Waals surface area contributed by atoms with Gasteiger partial charge in [-0.05, 0) is 19.9 Å². The summed E-state index contributed by atoms with van der Waals surface area (Å²) in [7, 11) is 0. The number of rotatable bonds is 7. The van der Waals surface area contributed by atoms with E-state index >= 15 is 0 Å². The number of hydrogen-bond donors (Lipinski definition) is 2. The Bertz CT molecular complexity index is 439. The summed E-state index contributed by atoms with van der Waals surface area (Å²) in [6.07, 6.45) is 1.58. The van der Waals surface area contributed by atoms with Gasteiger partial charge in [0.05, 0.1) is 6.54 Å². The molecule has 0 bridgehead atoms. The van der Waals surface area contributed by atoms with Gasteiger partial charge in [0.15, 0.2) is 5.96 Å². The van der Waals surface area contributed by atoms with Gasteiger partial charge in [-0.1, -0.05) is 13.8 Å². The zero-order valence-corrected chi connectivity index (χ0v) is 19.0. The van der Waals surface area contributed by atoms with Gasteiger partial charge >= 0.3 is 0 Å². The highest BCUT2D eigenvalue weighted by molar-refractivity contribution is 14.0. The highest BCUT2D eigenvalue weighted by atomic mass is 127. The van der Waals surface area contributed by atoms with Crippen molar-refractivity contribution in [1.29, 1.82) is 0 Å². The Morgan fingerprint density at radius 3 is 2.38 bits per heavy atom. The van der Waals surface area contributed by atoms with Gasteiger partial charge in [0, 0.05) is 64.8 Å². The van der Waals surface area contributed by atoms with Gasteiger partial charge in [0.25, 0.3) is 0 Å². The molecule has 2 N–H and O–H groups in total. The maximum Gasteiger partial charge on any atom is 0.222 e. The smallest absolute Gasteiger partial charge is 0.222 e. The third kappa shape index (κ3) is 7.56. The molecule has 0 saturated carbocycles. The van der Waals surface area contributed by atoms with E-state index < -0.39 is 0 Å². The van der Waals surface area contributed by atoms with E-state index in [2.05, 4.69) is 34.3 Å². The van der Waals surface area contributed by atoms with Crippen molar-refractivity contribution in [2.24, 2.45) is 4.99 Å². The number of carbonyl (C=O) groups is 1. The summed E-state index contributed by atoms with van der Waals surface area (Å²) in [6, 6.07) is 0.307. The van der Waals surface area contributed by atoms with Crippen molar-refractivity contribution in [1.82, 2.24) is 25.3 Å². The maximum absolute atomic E-state index is 11.8. The summed E-state index contributed by atoms with van der Waals surface area (Å²) < 4.78 is 0. The van der Waals surface area contributed by atoms with E-state index in [9.17, 15) is 4.79 Å². The van der Waals surface area contributed by atoms with Crippen LogP contribution in [0.15, 0.2) is 4.99 Å². The number of nitrogens with one attached hydrogen (secondary N) is 2. The molecule has 152 valence electrons. The summed E-state index contributed by atoms with van der Waals surface area (Å²) in [5.74, 6) is 1.13. The third-order valence-electron chi connectivity index (χ3n) is 5.13. The monoisotopic (exact) mass is 480 g/mol. The third-order valence-corrected chi connectivity index (χ3v) is 5.13. The summed E-state index contributed by atoms with van der Waals surface area (Å²) in [6.45, 7) is 16.3. The highest BCUT2D eigenvalue weighted by Gasteiger charge is 2.25. The number of carbonyl (C=O) groups excluding carboxylic acids is 1. The number of likely N-dealkylation sites (N-methyl/N-ethyl adjacent to an activating group) is 1. The zero-order valence-electron chi connectivity index (χ0n) is 16.7. The molecule has 2 heterocycles. The summed E-state index contributed by atoms with van der Waals surface area (Å²) in [5, 5.41) is 6.83. The van der Waals surface area contributed by atoms with Crippen molar-refractivity contribution in [2.45, 2.75) is 39.7 Å². The summed E-state index contributed by atoms with van der Waals surface area (Å²) >= 11 is 0. The molecule has 0 aromatic rings. The molecule has 2 aliphatic heterocycles. The second-order valence-electron chi connectivity index (χ2n) is 6.86. The van der Waals surface area contributed by atoms with Crippen molar-refractivity contribution in [3.8, 4) is 0 Å². The van der Waals surface area contributed by atoms with Gasteiger partial charge in [-0.15, -0.1) is 24.0 Å². The minimum atomic E-state index is 0. The standard InChI is InChI=1S/C18H36N6O.HI/c1-4-17(25)24-9-7-16(15-24)21-18(19-5-2)20-8-10-23-13-11-22(6-3)12-14-23;/h16H,4-15H2,1-3H3,(H2,19,20,21);1H. The van der Waals surface area contributed by atoms with E-state index in [1.165, 1.54) is 13.1 Å². The van der Waals surface area contributed by atoms with Crippen LogP contribution >= 0.6 is 24.0 Å². The van der Waals surface area contributed by atoms with Crippen LogP contribution in [0.1, 0.15) is 33.6 Å². The Morgan fingerprint density at radius 1 is 1.08 bits per heavy atom. The number of likely N-dealkylation sites (tertiary alicyclic amines) is 1. The molecule has 26 heavy (non-hydrogen) atoms. The van der Waals surface area contributed by atoms with E-state index in [0.717, 1.165) is 64.7 Å². The molecular weight excluding hydrogens is 443 g/mol. The lowest BCUT2D eigenvalue weighted by atomic mass is 10.3.